The molecule has 0 aromatic rings. The third kappa shape index (κ3) is 17.1. The molecule has 37 heavy (non-hydrogen) atoms. The van der Waals surface area contributed by atoms with Crippen molar-refractivity contribution in [1.29, 1.82) is 0 Å². The maximum absolute atomic E-state index is 11.8. The molecule has 0 fully saturated rings. The normalized spacial score (nSPS) is 13.1. The number of carbonyl (C=O) groups is 5. The van der Waals surface area contributed by atoms with Gasteiger partial charge in [0.2, 0.25) is 11.8 Å². The Morgan fingerprint density at radius 2 is 1.24 bits per heavy atom. The number of nitrogens with one attached hydrogen (secondary N) is 3. The lowest BCUT2D eigenvalue weighted by atomic mass is 10.2. The Bertz CT molecular complexity index is 763. The Labute approximate surface area is 217 Å². The minimum atomic E-state index is -0.636. The van der Waals surface area contributed by atoms with E-state index in [-0.39, 0.29) is 31.3 Å². The summed E-state index contributed by atoms with van der Waals surface area (Å²) >= 11 is 0. The third-order valence-corrected chi connectivity index (χ3v) is 4.57. The molecule has 13 nitrogen and oxygen atoms in total. The summed E-state index contributed by atoms with van der Waals surface area (Å²) < 4.78 is 21.3. The van der Waals surface area contributed by atoms with Crippen LogP contribution in [0, 0.1) is 0 Å². The molecule has 1 aliphatic heterocycles. The first-order valence-electron chi connectivity index (χ1n) is 12.4. The molecule has 0 saturated heterocycles. The molecule has 0 aliphatic carbocycles. The Kier molecular flexibility index (Phi) is 15.8. The molecular weight excluding hydrogens is 488 g/mol. The first-order chi connectivity index (χ1) is 17.6. The van der Waals surface area contributed by atoms with Crippen LogP contribution in [0.5, 0.6) is 0 Å². The number of hydrogen-bond donors (Lipinski definition) is 3. The lowest BCUT2D eigenvalue weighted by Gasteiger charge is -2.19. The number of amides is 5. The van der Waals surface area contributed by atoms with E-state index in [1.54, 1.807) is 20.8 Å². The SMILES string of the molecule is CC(C)(C)OC(=O)NCC(=O)NCCCOCCOCCOCCCNC(=O)CCN1C(=O)C=CC1=O. The van der Waals surface area contributed by atoms with Crippen LogP contribution < -0.4 is 16.0 Å². The molecule has 1 heterocycles. The lowest BCUT2D eigenvalue weighted by molar-refractivity contribution is -0.137. The minimum Gasteiger partial charge on any atom is -0.444 e. The zero-order chi connectivity index (χ0) is 27.5. The van der Waals surface area contributed by atoms with Gasteiger partial charge in [-0.25, -0.2) is 4.79 Å². The van der Waals surface area contributed by atoms with Crippen LogP contribution in [0.2, 0.25) is 0 Å². The van der Waals surface area contributed by atoms with E-state index in [4.69, 9.17) is 18.9 Å². The average Bonchev–Trinajstić information content (AvgIpc) is 3.14. The van der Waals surface area contributed by atoms with Gasteiger partial charge in [0, 0.05) is 51.4 Å². The van der Waals surface area contributed by atoms with Crippen molar-refractivity contribution in [2.75, 3.05) is 65.8 Å². The lowest BCUT2D eigenvalue weighted by Crippen LogP contribution is -2.40. The first-order valence-corrected chi connectivity index (χ1v) is 12.4. The van der Waals surface area contributed by atoms with Crippen LogP contribution in [-0.2, 0) is 38.1 Å². The number of ether oxygens (including phenoxy) is 4. The molecule has 0 radical (unpaired) electrons. The van der Waals surface area contributed by atoms with Crippen LogP contribution in [0.25, 0.3) is 0 Å². The van der Waals surface area contributed by atoms with E-state index in [0.717, 1.165) is 4.90 Å². The highest BCUT2D eigenvalue weighted by molar-refractivity contribution is 6.13. The predicted molar refractivity (Wildman–Crippen MR) is 132 cm³/mol. The van der Waals surface area contributed by atoms with Crippen molar-refractivity contribution in [2.24, 2.45) is 0 Å². The van der Waals surface area contributed by atoms with E-state index in [2.05, 4.69) is 16.0 Å². The average molecular weight is 529 g/mol. The molecule has 1 aliphatic rings. The summed E-state index contributed by atoms with van der Waals surface area (Å²) in [5.41, 5.74) is -0.614. The molecule has 0 unspecified atom stereocenters. The summed E-state index contributed by atoms with van der Waals surface area (Å²) in [7, 11) is 0. The summed E-state index contributed by atoms with van der Waals surface area (Å²) in [5.74, 6) is -1.32. The van der Waals surface area contributed by atoms with E-state index in [0.29, 0.717) is 65.6 Å². The molecule has 0 saturated carbocycles. The number of carbonyl (C=O) groups excluding carboxylic acids is 5. The summed E-state index contributed by atoms with van der Waals surface area (Å²) in [4.78, 5) is 58.7. The fraction of sp³-hybridized carbons (Fsp3) is 0.708. The van der Waals surface area contributed by atoms with E-state index in [1.807, 2.05) is 0 Å². The zero-order valence-electron chi connectivity index (χ0n) is 22.0. The van der Waals surface area contributed by atoms with Crippen molar-refractivity contribution in [3.63, 3.8) is 0 Å². The maximum Gasteiger partial charge on any atom is 0.408 e. The Morgan fingerprint density at radius 3 is 1.76 bits per heavy atom. The van der Waals surface area contributed by atoms with E-state index in [9.17, 15) is 24.0 Å². The molecule has 3 N–H and O–H groups in total. The topological polar surface area (TPSA) is 162 Å². The van der Waals surface area contributed by atoms with E-state index >= 15 is 0 Å². The second kappa shape index (κ2) is 18.3. The van der Waals surface area contributed by atoms with Gasteiger partial charge in [0.05, 0.1) is 33.0 Å². The van der Waals surface area contributed by atoms with E-state index in [1.165, 1.54) is 12.2 Å². The van der Waals surface area contributed by atoms with Crippen LogP contribution in [0.3, 0.4) is 0 Å². The van der Waals surface area contributed by atoms with Gasteiger partial charge < -0.3 is 34.9 Å². The third-order valence-electron chi connectivity index (χ3n) is 4.57. The predicted octanol–water partition coefficient (Wildman–Crippen LogP) is -0.111. The molecule has 0 aromatic carbocycles. The minimum absolute atomic E-state index is 0.0674. The van der Waals surface area contributed by atoms with E-state index < -0.39 is 23.5 Å². The maximum atomic E-state index is 11.8. The fourth-order valence-corrected chi connectivity index (χ4v) is 2.83. The van der Waals surface area contributed by atoms with Crippen molar-refractivity contribution >= 4 is 29.7 Å². The van der Waals surface area contributed by atoms with Gasteiger partial charge in [-0.05, 0) is 33.6 Å². The second-order valence-corrected chi connectivity index (χ2v) is 9.01. The molecule has 0 bridgehead atoms. The number of nitrogens with zero attached hydrogens (tertiary/aromatic N) is 1. The van der Waals surface area contributed by atoms with Gasteiger partial charge in [0.15, 0.2) is 0 Å². The van der Waals surface area contributed by atoms with Crippen molar-refractivity contribution in [1.82, 2.24) is 20.9 Å². The monoisotopic (exact) mass is 528 g/mol. The molecule has 1 rings (SSSR count). The highest BCUT2D eigenvalue weighted by Crippen LogP contribution is 2.06. The molecule has 0 atom stereocenters. The van der Waals surface area contributed by atoms with Crippen LogP contribution in [0.4, 0.5) is 4.79 Å². The number of imide groups is 1. The molecule has 13 heteroatoms. The van der Waals surface area contributed by atoms with Crippen LogP contribution >= 0.6 is 0 Å². The van der Waals surface area contributed by atoms with Crippen molar-refractivity contribution < 1.29 is 42.9 Å². The first kappa shape index (κ1) is 32.0. The molecule has 0 spiro atoms. The summed E-state index contributed by atoms with van der Waals surface area (Å²) in [6.45, 7) is 8.63. The highest BCUT2D eigenvalue weighted by Gasteiger charge is 2.23. The van der Waals surface area contributed by atoms with Crippen molar-refractivity contribution in [2.45, 2.75) is 45.6 Å². The van der Waals surface area contributed by atoms with Crippen molar-refractivity contribution in [3.8, 4) is 0 Å². The molecule has 5 amide bonds. The Hall–Kier alpha value is -3.03. The van der Waals surface area contributed by atoms with Gasteiger partial charge in [-0.15, -0.1) is 0 Å². The van der Waals surface area contributed by atoms with Gasteiger partial charge in [-0.1, -0.05) is 0 Å². The van der Waals surface area contributed by atoms with Gasteiger partial charge in [-0.3, -0.25) is 24.1 Å². The molecule has 210 valence electrons. The second-order valence-electron chi connectivity index (χ2n) is 9.01. The number of hydrogen-bond acceptors (Lipinski definition) is 9. The summed E-state index contributed by atoms with van der Waals surface area (Å²) in [6, 6.07) is 0. The van der Waals surface area contributed by atoms with Gasteiger partial charge >= 0.3 is 6.09 Å². The quantitative estimate of drug-likeness (QED) is 0.153. The van der Waals surface area contributed by atoms with Crippen LogP contribution in [0.15, 0.2) is 12.2 Å². The largest absolute Gasteiger partial charge is 0.444 e. The zero-order valence-corrected chi connectivity index (χ0v) is 22.0. The number of rotatable bonds is 19. The van der Waals surface area contributed by atoms with Crippen molar-refractivity contribution in [3.05, 3.63) is 12.2 Å². The summed E-state index contributed by atoms with van der Waals surface area (Å²) in [6.07, 6.45) is 3.07. The van der Waals surface area contributed by atoms with Crippen LogP contribution in [-0.4, -0.2) is 106 Å². The Balaban J connectivity index is 1.81. The molecule has 0 aromatic heterocycles. The highest BCUT2D eigenvalue weighted by atomic mass is 16.6. The van der Waals surface area contributed by atoms with Crippen LogP contribution in [0.1, 0.15) is 40.0 Å². The summed E-state index contributed by atoms with van der Waals surface area (Å²) in [5, 5.41) is 7.79. The standard InChI is InChI=1S/C24H40N4O9/c1-24(2,3)37-23(33)27-18-20(30)26-10-5-13-35-15-17-36-16-14-34-12-4-9-25-19(29)8-11-28-21(31)6-7-22(28)32/h6-7H,4-5,8-18H2,1-3H3,(H,25,29)(H,26,30)(H,27,33). The number of alkyl carbamates (subject to hydrolysis) is 1. The van der Waals surface area contributed by atoms with Gasteiger partial charge in [-0.2, -0.15) is 0 Å². The molecular formula is C24H40N4O9. The Morgan fingerprint density at radius 1 is 0.757 bits per heavy atom. The fourth-order valence-electron chi connectivity index (χ4n) is 2.83. The van der Waals surface area contributed by atoms with Gasteiger partial charge in [0.25, 0.3) is 11.8 Å². The smallest absolute Gasteiger partial charge is 0.408 e. The van der Waals surface area contributed by atoms with Gasteiger partial charge in [0.1, 0.15) is 5.60 Å².